The molecule has 190 valence electrons. The molecule has 0 radical (unpaired) electrons. The molecule has 1 fully saturated rings. The van der Waals surface area contributed by atoms with E-state index in [0.29, 0.717) is 16.9 Å². The van der Waals surface area contributed by atoms with Crippen LogP contribution in [0.3, 0.4) is 0 Å². The molecule has 39 heavy (non-hydrogen) atoms. The van der Waals surface area contributed by atoms with Crippen LogP contribution in [0.4, 0.5) is 11.4 Å². The number of carboxylic acids is 1. The van der Waals surface area contributed by atoms with E-state index in [9.17, 15) is 24.3 Å². The van der Waals surface area contributed by atoms with Gasteiger partial charge in [-0.3, -0.25) is 14.4 Å². The largest absolute Gasteiger partial charge is 0.478 e. The fourth-order valence-corrected chi connectivity index (χ4v) is 6.63. The maximum atomic E-state index is 13.9. The van der Waals surface area contributed by atoms with Gasteiger partial charge in [0, 0.05) is 23.1 Å². The Bertz CT molecular complexity index is 1590. The summed E-state index contributed by atoms with van der Waals surface area (Å²) in [6.45, 7) is 0. The number of nitrogens with zero attached hydrogens (tertiary/aromatic N) is 1. The van der Waals surface area contributed by atoms with Crippen molar-refractivity contribution in [3.05, 3.63) is 130 Å². The van der Waals surface area contributed by atoms with Crippen LogP contribution in [0.1, 0.15) is 54.8 Å². The molecule has 4 aromatic carbocycles. The second kappa shape index (κ2) is 8.49. The molecule has 0 spiro atoms. The molecule has 0 aromatic heterocycles. The Kier molecular flexibility index (Phi) is 5.03. The van der Waals surface area contributed by atoms with Gasteiger partial charge in [0.2, 0.25) is 11.8 Å². The molecular formula is C32H22N2O5. The molecule has 7 nitrogen and oxygen atoms in total. The third-order valence-electron chi connectivity index (χ3n) is 8.20. The summed E-state index contributed by atoms with van der Waals surface area (Å²) in [6, 6.07) is 28.5. The summed E-state index contributed by atoms with van der Waals surface area (Å²) < 4.78 is 0. The van der Waals surface area contributed by atoms with Crippen LogP contribution < -0.4 is 10.2 Å². The lowest BCUT2D eigenvalue weighted by Crippen LogP contribution is -2.41. The van der Waals surface area contributed by atoms with Crippen molar-refractivity contribution in [3.8, 4) is 0 Å². The summed E-state index contributed by atoms with van der Waals surface area (Å²) in [7, 11) is 0. The Morgan fingerprint density at radius 2 is 1.15 bits per heavy atom. The summed E-state index contributed by atoms with van der Waals surface area (Å²) in [4.78, 5) is 53.1. The Morgan fingerprint density at radius 1 is 0.641 bits per heavy atom. The Balaban J connectivity index is 1.19. The van der Waals surface area contributed by atoms with Gasteiger partial charge in [-0.1, -0.05) is 54.6 Å². The van der Waals surface area contributed by atoms with Crippen molar-refractivity contribution in [2.24, 2.45) is 11.8 Å². The monoisotopic (exact) mass is 514 g/mol. The zero-order valence-corrected chi connectivity index (χ0v) is 20.6. The second-order valence-corrected chi connectivity index (χ2v) is 10.2. The maximum absolute atomic E-state index is 13.9. The highest BCUT2D eigenvalue weighted by atomic mass is 16.4. The number of benzene rings is 4. The first-order valence-corrected chi connectivity index (χ1v) is 12.7. The van der Waals surface area contributed by atoms with Crippen molar-refractivity contribution < 1.29 is 24.3 Å². The Morgan fingerprint density at radius 3 is 1.64 bits per heavy atom. The van der Waals surface area contributed by atoms with E-state index in [-0.39, 0.29) is 29.2 Å². The Labute approximate surface area is 223 Å². The van der Waals surface area contributed by atoms with Gasteiger partial charge in [-0.05, 0) is 64.7 Å². The summed E-state index contributed by atoms with van der Waals surface area (Å²) >= 11 is 0. The van der Waals surface area contributed by atoms with Gasteiger partial charge in [-0.15, -0.1) is 0 Å². The fraction of sp³-hybridized carbons (Fsp3) is 0.125. The molecule has 7 heteroatoms. The number of anilines is 2. The van der Waals surface area contributed by atoms with Crippen LogP contribution in [0.25, 0.3) is 0 Å². The van der Waals surface area contributed by atoms with E-state index in [1.54, 1.807) is 36.4 Å². The van der Waals surface area contributed by atoms with E-state index in [2.05, 4.69) is 29.6 Å². The fourth-order valence-electron chi connectivity index (χ4n) is 6.63. The molecule has 0 saturated carbocycles. The van der Waals surface area contributed by atoms with Crippen molar-refractivity contribution in [2.45, 2.75) is 11.8 Å². The van der Waals surface area contributed by atoms with Gasteiger partial charge >= 0.3 is 5.97 Å². The van der Waals surface area contributed by atoms with Gasteiger partial charge in [-0.25, -0.2) is 9.69 Å². The number of carboxylic acid groups (broad SMARTS) is 1. The molecule has 3 amide bonds. The molecule has 4 aliphatic rings. The minimum absolute atomic E-state index is 0.0638. The topological polar surface area (TPSA) is 104 Å². The lowest BCUT2D eigenvalue weighted by Gasteiger charge is -2.45. The first-order valence-electron chi connectivity index (χ1n) is 12.7. The minimum atomic E-state index is -1.09. The first-order chi connectivity index (χ1) is 18.9. The van der Waals surface area contributed by atoms with Gasteiger partial charge in [0.15, 0.2) is 0 Å². The smallest absolute Gasteiger partial charge is 0.335 e. The van der Waals surface area contributed by atoms with Crippen LogP contribution in [-0.2, 0) is 9.59 Å². The van der Waals surface area contributed by atoms with E-state index in [4.69, 9.17) is 0 Å². The summed E-state index contributed by atoms with van der Waals surface area (Å²) in [5, 5.41) is 11.9. The highest BCUT2D eigenvalue weighted by Crippen LogP contribution is 2.61. The average molecular weight is 515 g/mol. The van der Waals surface area contributed by atoms with Crippen LogP contribution in [0.2, 0.25) is 0 Å². The van der Waals surface area contributed by atoms with Gasteiger partial charge in [-0.2, -0.15) is 0 Å². The van der Waals surface area contributed by atoms with Crippen molar-refractivity contribution >= 4 is 35.1 Å². The van der Waals surface area contributed by atoms with Crippen molar-refractivity contribution in [1.29, 1.82) is 0 Å². The van der Waals surface area contributed by atoms with Gasteiger partial charge in [0.1, 0.15) is 0 Å². The number of amides is 3. The minimum Gasteiger partial charge on any atom is -0.478 e. The van der Waals surface area contributed by atoms with Crippen LogP contribution in [0.15, 0.2) is 97.1 Å². The van der Waals surface area contributed by atoms with Gasteiger partial charge in [0.05, 0.1) is 23.1 Å². The number of nitrogens with one attached hydrogen (secondary N) is 1. The molecule has 0 unspecified atom stereocenters. The number of rotatable bonds is 4. The molecular weight excluding hydrogens is 492 g/mol. The van der Waals surface area contributed by atoms with E-state index in [0.717, 1.165) is 22.3 Å². The molecule has 1 saturated heterocycles. The normalized spacial score (nSPS) is 22.2. The number of imide groups is 1. The zero-order chi connectivity index (χ0) is 26.8. The lowest BCUT2D eigenvalue weighted by molar-refractivity contribution is -0.122. The van der Waals surface area contributed by atoms with E-state index in [1.165, 1.54) is 17.0 Å². The van der Waals surface area contributed by atoms with E-state index < -0.39 is 23.7 Å². The SMILES string of the molecule is O=C(O)c1cccc(NC(=O)c2ccc(N3C(=O)[C@H]4C5c6ccccc6C(c6ccccc65)[C@@H]4C3=O)cc2)c1. The van der Waals surface area contributed by atoms with Crippen LogP contribution in [-0.4, -0.2) is 28.8 Å². The number of carbonyl (C=O) groups excluding carboxylic acids is 3. The maximum Gasteiger partial charge on any atom is 0.335 e. The quantitative estimate of drug-likeness (QED) is 0.372. The molecule has 2 N–H and O–H groups in total. The van der Waals surface area contributed by atoms with Crippen LogP contribution in [0.5, 0.6) is 0 Å². The summed E-state index contributed by atoms with van der Waals surface area (Å²) in [5.74, 6) is -3.26. The number of hydrogen-bond donors (Lipinski definition) is 2. The van der Waals surface area contributed by atoms with Gasteiger partial charge < -0.3 is 10.4 Å². The molecule has 4 aromatic rings. The molecule has 8 rings (SSSR count). The molecule has 1 heterocycles. The number of carbonyl (C=O) groups is 4. The van der Waals surface area contributed by atoms with Crippen molar-refractivity contribution in [1.82, 2.24) is 0 Å². The second-order valence-electron chi connectivity index (χ2n) is 10.2. The highest BCUT2D eigenvalue weighted by molar-refractivity contribution is 6.23. The van der Waals surface area contributed by atoms with E-state index in [1.807, 2.05) is 24.3 Å². The average Bonchev–Trinajstić information content (AvgIpc) is 3.23. The predicted octanol–water partition coefficient (Wildman–Crippen LogP) is 5.03. The molecule has 2 bridgehead atoms. The van der Waals surface area contributed by atoms with E-state index >= 15 is 0 Å². The Hall–Kier alpha value is -5.04. The first kappa shape index (κ1) is 23.1. The lowest BCUT2D eigenvalue weighted by atomic mass is 9.55. The highest BCUT2D eigenvalue weighted by Gasteiger charge is 2.61. The number of aromatic carboxylic acids is 1. The van der Waals surface area contributed by atoms with Crippen molar-refractivity contribution in [3.63, 3.8) is 0 Å². The van der Waals surface area contributed by atoms with Gasteiger partial charge in [0.25, 0.3) is 5.91 Å². The van der Waals surface area contributed by atoms with Crippen LogP contribution in [0, 0.1) is 11.8 Å². The van der Waals surface area contributed by atoms with Crippen LogP contribution >= 0.6 is 0 Å². The third-order valence-corrected chi connectivity index (χ3v) is 8.20. The predicted molar refractivity (Wildman–Crippen MR) is 144 cm³/mol. The zero-order valence-electron chi connectivity index (χ0n) is 20.6. The molecule has 1 aliphatic heterocycles. The van der Waals surface area contributed by atoms with Crippen molar-refractivity contribution in [2.75, 3.05) is 10.2 Å². The third kappa shape index (κ3) is 3.36. The summed E-state index contributed by atoms with van der Waals surface area (Å²) in [5.41, 5.74) is 5.62. The summed E-state index contributed by atoms with van der Waals surface area (Å²) in [6.07, 6.45) is 0. The molecule has 2 atom stereocenters. The molecule has 3 aliphatic carbocycles. The number of hydrogen-bond acceptors (Lipinski definition) is 4. The standard InChI is InChI=1S/C32H22N2O5/c35-29(33-19-7-5-6-18(16-19)32(38)39)17-12-14-20(15-13-17)34-30(36)27-25-21-8-1-2-9-22(21)26(28(27)31(34)37)24-11-4-3-10-23(24)25/h1-16,25-28H,(H,33,35)(H,38,39)/t25?,26?,27-,28-/m0/s1.